The number of carbonyl (C=O) groups is 1. The Morgan fingerprint density at radius 2 is 1.53 bits per heavy atom. The smallest absolute Gasteiger partial charge is 0.343 e. The molecule has 2 N–H and O–H groups in total. The van der Waals surface area contributed by atoms with E-state index in [1.165, 1.54) is 12.1 Å². The number of ether oxygens (including phenoxy) is 1. The normalized spacial score (nSPS) is 10.3. The third-order valence-corrected chi connectivity index (χ3v) is 3.08. The van der Waals surface area contributed by atoms with Crippen molar-refractivity contribution in [3.05, 3.63) is 57.0 Å². The Kier molecular flexibility index (Phi) is 4.20. The number of benzene rings is 2. The van der Waals surface area contributed by atoms with Crippen LogP contribution < -0.4 is 10.5 Å². The van der Waals surface area contributed by atoms with Gasteiger partial charge in [-0.3, -0.25) is 0 Å². The molecule has 0 heterocycles. The van der Waals surface area contributed by atoms with Gasteiger partial charge in [-0.2, -0.15) is 0 Å². The monoisotopic (exact) mass is 315 g/mol. The van der Waals surface area contributed by atoms with Crippen LogP contribution in [0.2, 0.25) is 15.1 Å². The quantitative estimate of drug-likeness (QED) is 0.506. The van der Waals surface area contributed by atoms with E-state index in [4.69, 9.17) is 45.3 Å². The van der Waals surface area contributed by atoms with Gasteiger partial charge in [0.2, 0.25) is 0 Å². The predicted octanol–water partition coefficient (Wildman–Crippen LogP) is 4.45. The lowest BCUT2D eigenvalue weighted by molar-refractivity contribution is 0.0735. The molecule has 3 nitrogen and oxygen atoms in total. The molecule has 0 atom stereocenters. The molecule has 0 unspecified atom stereocenters. The van der Waals surface area contributed by atoms with Crippen molar-refractivity contribution in [2.24, 2.45) is 0 Å². The average Bonchev–Trinajstić information content (AvgIpc) is 2.34. The van der Waals surface area contributed by atoms with Crippen LogP contribution in [0.1, 0.15) is 10.4 Å². The van der Waals surface area contributed by atoms with Crippen LogP contribution in [0.15, 0.2) is 36.4 Å². The van der Waals surface area contributed by atoms with Crippen molar-refractivity contribution in [3.8, 4) is 5.75 Å². The lowest BCUT2D eigenvalue weighted by Gasteiger charge is -2.08. The molecule has 6 heteroatoms. The number of rotatable bonds is 2. The van der Waals surface area contributed by atoms with Crippen LogP contribution in [0, 0.1) is 0 Å². The molecular weight excluding hydrogens is 309 g/mol. The Morgan fingerprint density at radius 3 is 2.05 bits per heavy atom. The molecule has 2 aromatic carbocycles. The molecule has 0 bridgehead atoms. The third-order valence-electron chi connectivity index (χ3n) is 2.30. The summed E-state index contributed by atoms with van der Waals surface area (Å²) in [6.07, 6.45) is 0. The fourth-order valence-electron chi connectivity index (χ4n) is 1.40. The van der Waals surface area contributed by atoms with Gasteiger partial charge in [0.05, 0.1) is 15.6 Å². The Morgan fingerprint density at radius 1 is 1.00 bits per heavy atom. The summed E-state index contributed by atoms with van der Waals surface area (Å²) < 4.78 is 5.15. The lowest BCUT2D eigenvalue weighted by Crippen LogP contribution is -2.09. The second kappa shape index (κ2) is 5.70. The molecular formula is C13H8Cl3NO2. The number of hydrogen-bond donors (Lipinski definition) is 1. The van der Waals surface area contributed by atoms with E-state index in [1.807, 2.05) is 0 Å². The van der Waals surface area contributed by atoms with Crippen LogP contribution in [0.5, 0.6) is 5.75 Å². The van der Waals surface area contributed by atoms with Crippen molar-refractivity contribution in [1.82, 2.24) is 0 Å². The molecule has 0 radical (unpaired) electrons. The Hall–Kier alpha value is -1.42. The third kappa shape index (κ3) is 3.32. The topological polar surface area (TPSA) is 52.3 Å². The van der Waals surface area contributed by atoms with Gasteiger partial charge in [-0.25, -0.2) is 4.79 Å². The van der Waals surface area contributed by atoms with Gasteiger partial charge in [0, 0.05) is 10.7 Å². The summed E-state index contributed by atoms with van der Waals surface area (Å²) in [5.41, 5.74) is 6.43. The summed E-state index contributed by atoms with van der Waals surface area (Å²) in [7, 11) is 0. The molecule has 0 aliphatic rings. The Bertz CT molecular complexity index is 603. The minimum atomic E-state index is -0.578. The minimum Gasteiger partial charge on any atom is -0.420 e. The summed E-state index contributed by atoms with van der Waals surface area (Å²) in [5, 5.41) is 0.699. The zero-order chi connectivity index (χ0) is 14.0. The van der Waals surface area contributed by atoms with Crippen LogP contribution in [0.4, 0.5) is 5.69 Å². The van der Waals surface area contributed by atoms with Crippen molar-refractivity contribution >= 4 is 46.5 Å². The second-order valence-corrected chi connectivity index (χ2v) is 4.96. The van der Waals surface area contributed by atoms with Crippen molar-refractivity contribution < 1.29 is 9.53 Å². The largest absolute Gasteiger partial charge is 0.420 e. The zero-order valence-corrected chi connectivity index (χ0v) is 11.8. The predicted molar refractivity (Wildman–Crippen MR) is 77.3 cm³/mol. The standard InChI is InChI=1S/C13H8Cl3NO2/c14-8-5-10(15)12(11(16)6-8)19-13(18)7-1-3-9(17)4-2-7/h1-6H,17H2. The van der Waals surface area contributed by atoms with Gasteiger partial charge in [-0.05, 0) is 36.4 Å². The summed E-state index contributed by atoms with van der Waals surface area (Å²) in [4.78, 5) is 11.9. The number of hydrogen-bond acceptors (Lipinski definition) is 3. The van der Waals surface area contributed by atoms with Crippen molar-refractivity contribution in [3.63, 3.8) is 0 Å². The molecule has 98 valence electrons. The van der Waals surface area contributed by atoms with Crippen molar-refractivity contribution in [2.45, 2.75) is 0 Å². The van der Waals surface area contributed by atoms with Gasteiger partial charge in [0.1, 0.15) is 0 Å². The van der Waals surface area contributed by atoms with E-state index < -0.39 is 5.97 Å². The van der Waals surface area contributed by atoms with Gasteiger partial charge in [0.25, 0.3) is 0 Å². The van der Waals surface area contributed by atoms with E-state index in [0.29, 0.717) is 16.3 Å². The highest BCUT2D eigenvalue weighted by molar-refractivity contribution is 6.40. The van der Waals surface area contributed by atoms with Crippen molar-refractivity contribution in [1.29, 1.82) is 0 Å². The maximum absolute atomic E-state index is 11.9. The van der Waals surface area contributed by atoms with Crippen LogP contribution in [-0.4, -0.2) is 5.97 Å². The summed E-state index contributed by atoms with van der Waals surface area (Å²) in [6.45, 7) is 0. The second-order valence-electron chi connectivity index (χ2n) is 3.71. The molecule has 0 aliphatic heterocycles. The van der Waals surface area contributed by atoms with Gasteiger partial charge < -0.3 is 10.5 Å². The number of anilines is 1. The van der Waals surface area contributed by atoms with E-state index in [2.05, 4.69) is 0 Å². The van der Waals surface area contributed by atoms with Crippen LogP contribution in [0.25, 0.3) is 0 Å². The first kappa shape index (κ1) is 14.0. The van der Waals surface area contributed by atoms with E-state index in [0.717, 1.165) is 0 Å². The molecule has 19 heavy (non-hydrogen) atoms. The minimum absolute atomic E-state index is 0.0783. The van der Waals surface area contributed by atoms with E-state index in [1.54, 1.807) is 24.3 Å². The van der Waals surface area contributed by atoms with Crippen molar-refractivity contribution in [2.75, 3.05) is 5.73 Å². The SMILES string of the molecule is Nc1ccc(C(=O)Oc2c(Cl)cc(Cl)cc2Cl)cc1. The molecule has 0 aromatic heterocycles. The van der Waals surface area contributed by atoms with E-state index in [-0.39, 0.29) is 15.8 Å². The highest BCUT2D eigenvalue weighted by Gasteiger charge is 2.15. The average molecular weight is 317 g/mol. The molecule has 0 saturated carbocycles. The highest BCUT2D eigenvalue weighted by atomic mass is 35.5. The summed E-state index contributed by atoms with van der Waals surface area (Å²) >= 11 is 17.6. The first-order valence-corrected chi connectivity index (χ1v) is 6.33. The maximum Gasteiger partial charge on any atom is 0.343 e. The van der Waals surface area contributed by atoms with Crippen LogP contribution in [-0.2, 0) is 0 Å². The Balaban J connectivity index is 2.26. The number of carbonyl (C=O) groups excluding carboxylic acids is 1. The molecule has 0 saturated heterocycles. The van der Waals surface area contributed by atoms with E-state index in [9.17, 15) is 4.79 Å². The van der Waals surface area contributed by atoms with Gasteiger partial charge in [-0.15, -0.1) is 0 Å². The number of nitrogens with two attached hydrogens (primary N) is 1. The zero-order valence-electron chi connectivity index (χ0n) is 9.49. The first-order valence-electron chi connectivity index (χ1n) is 5.19. The van der Waals surface area contributed by atoms with Crippen LogP contribution >= 0.6 is 34.8 Å². The van der Waals surface area contributed by atoms with Gasteiger partial charge in [-0.1, -0.05) is 34.8 Å². The lowest BCUT2D eigenvalue weighted by atomic mass is 10.2. The maximum atomic E-state index is 11.9. The number of esters is 1. The number of nitrogen functional groups attached to an aromatic ring is 1. The van der Waals surface area contributed by atoms with Gasteiger partial charge >= 0.3 is 5.97 Å². The molecule has 0 spiro atoms. The Labute approximate surface area is 124 Å². The van der Waals surface area contributed by atoms with Crippen LogP contribution in [0.3, 0.4) is 0 Å². The molecule has 0 amide bonds. The highest BCUT2D eigenvalue weighted by Crippen LogP contribution is 2.36. The summed E-state index contributed by atoms with van der Waals surface area (Å²) in [6, 6.07) is 9.19. The van der Waals surface area contributed by atoms with Gasteiger partial charge in [0.15, 0.2) is 5.75 Å². The number of halogens is 3. The van der Waals surface area contributed by atoms with E-state index >= 15 is 0 Å². The molecule has 0 aliphatic carbocycles. The summed E-state index contributed by atoms with van der Waals surface area (Å²) in [5.74, 6) is -0.499. The molecule has 2 rings (SSSR count). The molecule has 0 fully saturated rings. The fourth-order valence-corrected chi connectivity index (χ4v) is 2.29. The molecule has 2 aromatic rings. The fraction of sp³-hybridized carbons (Fsp3) is 0. The first-order chi connectivity index (χ1) is 8.97.